The molecule has 3 nitrogen and oxygen atoms in total. The Morgan fingerprint density at radius 3 is 2.82 bits per heavy atom. The van der Waals surface area contributed by atoms with E-state index in [4.69, 9.17) is 0 Å². The first-order valence-electron chi connectivity index (χ1n) is 6.14. The van der Waals surface area contributed by atoms with Crippen molar-refractivity contribution < 1.29 is 4.79 Å². The van der Waals surface area contributed by atoms with Crippen molar-refractivity contribution in [3.63, 3.8) is 0 Å². The lowest BCUT2D eigenvalue weighted by molar-refractivity contribution is -0.120. The van der Waals surface area contributed by atoms with E-state index in [1.807, 2.05) is 19.1 Å². The molecule has 2 aliphatic rings. The molecule has 0 saturated heterocycles. The van der Waals surface area contributed by atoms with Gasteiger partial charge < -0.3 is 5.32 Å². The zero-order chi connectivity index (χ0) is 11.8. The van der Waals surface area contributed by atoms with E-state index < -0.39 is 0 Å². The van der Waals surface area contributed by atoms with Crippen LogP contribution in [-0.4, -0.2) is 10.9 Å². The maximum Gasteiger partial charge on any atom is 0.229 e. The standard InChI is InChI=1S/C14H16N2O/c1-9-2-5-13(15-8-9)16-14(17)12-7-10-3-4-11(12)6-10/h2-5,8,10-12H,6-7H2,1H3,(H,15,16,17)/t10-,11+,12-/m1/s1. The van der Waals surface area contributed by atoms with E-state index in [9.17, 15) is 4.79 Å². The van der Waals surface area contributed by atoms with E-state index in [0.29, 0.717) is 17.7 Å². The molecule has 0 unspecified atom stereocenters. The fourth-order valence-corrected chi connectivity index (χ4v) is 2.84. The predicted octanol–water partition coefficient (Wildman–Crippen LogP) is 2.54. The zero-order valence-corrected chi connectivity index (χ0v) is 9.89. The van der Waals surface area contributed by atoms with Crippen LogP contribution in [0.5, 0.6) is 0 Å². The van der Waals surface area contributed by atoms with Crippen LogP contribution in [0.2, 0.25) is 0 Å². The summed E-state index contributed by atoms with van der Waals surface area (Å²) in [4.78, 5) is 16.3. The van der Waals surface area contributed by atoms with Gasteiger partial charge in [0.25, 0.3) is 0 Å². The summed E-state index contributed by atoms with van der Waals surface area (Å²) in [7, 11) is 0. The number of carbonyl (C=O) groups is 1. The summed E-state index contributed by atoms with van der Waals surface area (Å²) in [5, 5.41) is 2.91. The Labute approximate surface area is 101 Å². The number of nitrogens with one attached hydrogen (secondary N) is 1. The summed E-state index contributed by atoms with van der Waals surface area (Å²) in [6.07, 6.45) is 8.37. The minimum Gasteiger partial charge on any atom is -0.310 e. The normalized spacial score (nSPS) is 29.6. The van der Waals surface area contributed by atoms with Crippen LogP contribution in [0.1, 0.15) is 18.4 Å². The van der Waals surface area contributed by atoms with Crippen molar-refractivity contribution in [1.82, 2.24) is 4.98 Å². The highest BCUT2D eigenvalue weighted by Crippen LogP contribution is 2.43. The summed E-state index contributed by atoms with van der Waals surface area (Å²) in [6.45, 7) is 1.99. The molecule has 88 valence electrons. The summed E-state index contributed by atoms with van der Waals surface area (Å²) in [5.41, 5.74) is 1.10. The summed E-state index contributed by atoms with van der Waals surface area (Å²) in [6, 6.07) is 3.82. The van der Waals surface area contributed by atoms with Gasteiger partial charge in [-0.1, -0.05) is 18.2 Å². The van der Waals surface area contributed by atoms with Gasteiger partial charge in [0.05, 0.1) is 0 Å². The highest BCUT2D eigenvalue weighted by molar-refractivity contribution is 5.92. The predicted molar refractivity (Wildman–Crippen MR) is 66.4 cm³/mol. The van der Waals surface area contributed by atoms with Crippen LogP contribution in [0, 0.1) is 24.7 Å². The molecule has 1 N–H and O–H groups in total. The number of carbonyl (C=O) groups excluding carboxylic acids is 1. The van der Waals surface area contributed by atoms with Crippen molar-refractivity contribution in [3.8, 4) is 0 Å². The molecule has 3 rings (SSSR count). The van der Waals surface area contributed by atoms with Crippen LogP contribution in [0.3, 0.4) is 0 Å². The summed E-state index contributed by atoms with van der Waals surface area (Å²) in [5.74, 6) is 2.01. The lowest BCUT2D eigenvalue weighted by Crippen LogP contribution is -2.26. The second kappa shape index (κ2) is 3.99. The summed E-state index contributed by atoms with van der Waals surface area (Å²) < 4.78 is 0. The molecule has 1 saturated carbocycles. The van der Waals surface area contributed by atoms with Crippen molar-refractivity contribution in [2.45, 2.75) is 19.8 Å². The molecule has 1 amide bonds. The Morgan fingerprint density at radius 2 is 2.24 bits per heavy atom. The molecular formula is C14H16N2O. The van der Waals surface area contributed by atoms with Crippen LogP contribution in [0.25, 0.3) is 0 Å². The molecule has 0 aliphatic heterocycles. The molecular weight excluding hydrogens is 212 g/mol. The van der Waals surface area contributed by atoms with E-state index >= 15 is 0 Å². The van der Waals surface area contributed by atoms with Gasteiger partial charge in [-0.25, -0.2) is 4.98 Å². The zero-order valence-electron chi connectivity index (χ0n) is 9.89. The van der Waals surface area contributed by atoms with Gasteiger partial charge in [0, 0.05) is 12.1 Å². The lowest BCUT2D eigenvalue weighted by Gasteiger charge is -2.17. The third kappa shape index (κ3) is 1.97. The summed E-state index contributed by atoms with van der Waals surface area (Å²) >= 11 is 0. The number of anilines is 1. The molecule has 2 bridgehead atoms. The maximum atomic E-state index is 12.1. The van der Waals surface area contributed by atoms with Gasteiger partial charge in [0.2, 0.25) is 5.91 Å². The Hall–Kier alpha value is -1.64. The number of nitrogens with zero attached hydrogens (tertiary/aromatic N) is 1. The maximum absolute atomic E-state index is 12.1. The topological polar surface area (TPSA) is 42.0 Å². The molecule has 1 aromatic rings. The lowest BCUT2D eigenvalue weighted by atomic mass is 9.93. The molecule has 3 heteroatoms. The quantitative estimate of drug-likeness (QED) is 0.790. The molecule has 3 atom stereocenters. The number of rotatable bonds is 2. The number of allylic oxidation sites excluding steroid dienone is 2. The molecule has 0 aromatic carbocycles. The molecule has 2 aliphatic carbocycles. The van der Waals surface area contributed by atoms with E-state index in [1.54, 1.807) is 6.20 Å². The number of aromatic nitrogens is 1. The third-order valence-corrected chi connectivity index (χ3v) is 3.78. The van der Waals surface area contributed by atoms with Crippen LogP contribution in [0.4, 0.5) is 5.82 Å². The number of aryl methyl sites for hydroxylation is 1. The second-order valence-corrected chi connectivity index (χ2v) is 5.10. The van der Waals surface area contributed by atoms with Crippen molar-refractivity contribution in [2.75, 3.05) is 5.32 Å². The van der Waals surface area contributed by atoms with E-state index in [-0.39, 0.29) is 11.8 Å². The number of fused-ring (bicyclic) bond motifs is 2. The highest BCUT2D eigenvalue weighted by atomic mass is 16.2. The Morgan fingerprint density at radius 1 is 1.35 bits per heavy atom. The van der Waals surface area contributed by atoms with E-state index in [0.717, 1.165) is 18.4 Å². The van der Waals surface area contributed by atoms with Gasteiger partial charge in [-0.15, -0.1) is 0 Å². The van der Waals surface area contributed by atoms with Gasteiger partial charge in [0.15, 0.2) is 0 Å². The van der Waals surface area contributed by atoms with Crippen molar-refractivity contribution in [3.05, 3.63) is 36.0 Å². The Kier molecular flexibility index (Phi) is 2.46. The minimum absolute atomic E-state index is 0.123. The first-order chi connectivity index (χ1) is 8.22. The first kappa shape index (κ1) is 10.5. The monoisotopic (exact) mass is 228 g/mol. The largest absolute Gasteiger partial charge is 0.310 e. The van der Waals surface area contributed by atoms with Crippen LogP contribution < -0.4 is 5.32 Å². The van der Waals surface area contributed by atoms with Crippen LogP contribution >= 0.6 is 0 Å². The van der Waals surface area contributed by atoms with Gasteiger partial charge in [-0.05, 0) is 43.2 Å². The number of hydrogen-bond donors (Lipinski definition) is 1. The fraction of sp³-hybridized carbons (Fsp3) is 0.429. The van der Waals surface area contributed by atoms with E-state index in [2.05, 4.69) is 22.5 Å². The minimum atomic E-state index is 0.123. The molecule has 0 spiro atoms. The third-order valence-electron chi connectivity index (χ3n) is 3.78. The second-order valence-electron chi connectivity index (χ2n) is 5.10. The van der Waals surface area contributed by atoms with Gasteiger partial charge >= 0.3 is 0 Å². The molecule has 1 fully saturated rings. The number of amides is 1. The van der Waals surface area contributed by atoms with Crippen molar-refractivity contribution in [1.29, 1.82) is 0 Å². The van der Waals surface area contributed by atoms with Crippen molar-refractivity contribution >= 4 is 11.7 Å². The molecule has 1 aromatic heterocycles. The van der Waals surface area contributed by atoms with Gasteiger partial charge in [-0.2, -0.15) is 0 Å². The molecule has 1 heterocycles. The van der Waals surface area contributed by atoms with Crippen LogP contribution in [0.15, 0.2) is 30.5 Å². The smallest absolute Gasteiger partial charge is 0.229 e. The number of pyridine rings is 1. The Balaban J connectivity index is 1.68. The SMILES string of the molecule is Cc1ccc(NC(=O)[C@@H]2C[C@@H]3C=C[C@H]2C3)nc1. The first-order valence-corrected chi connectivity index (χ1v) is 6.14. The Bertz CT molecular complexity index is 464. The number of hydrogen-bond acceptors (Lipinski definition) is 2. The highest BCUT2D eigenvalue weighted by Gasteiger charge is 2.39. The van der Waals surface area contributed by atoms with E-state index in [1.165, 1.54) is 0 Å². The van der Waals surface area contributed by atoms with Crippen LogP contribution in [-0.2, 0) is 4.79 Å². The molecule has 17 heavy (non-hydrogen) atoms. The average Bonchev–Trinajstić information content (AvgIpc) is 2.94. The van der Waals surface area contributed by atoms with Gasteiger partial charge in [0.1, 0.15) is 5.82 Å². The van der Waals surface area contributed by atoms with Crippen molar-refractivity contribution in [2.24, 2.45) is 17.8 Å². The van der Waals surface area contributed by atoms with Gasteiger partial charge in [-0.3, -0.25) is 4.79 Å². The average molecular weight is 228 g/mol. The molecule has 0 radical (unpaired) electrons. The fourth-order valence-electron chi connectivity index (χ4n) is 2.84.